The van der Waals surface area contributed by atoms with Crippen LogP contribution in [0.25, 0.3) is 0 Å². The van der Waals surface area contributed by atoms with E-state index in [4.69, 9.17) is 17.3 Å². The van der Waals surface area contributed by atoms with Crippen molar-refractivity contribution in [1.29, 1.82) is 5.26 Å². The Kier molecular flexibility index (Phi) is 3.37. The van der Waals surface area contributed by atoms with Gasteiger partial charge in [0.15, 0.2) is 0 Å². The van der Waals surface area contributed by atoms with Gasteiger partial charge in [-0.2, -0.15) is 10.4 Å². The largest absolute Gasteiger partial charge is 0.308 e. The van der Waals surface area contributed by atoms with Crippen LogP contribution in [-0.2, 0) is 12.1 Å². The molecule has 0 amide bonds. The fourth-order valence-electron chi connectivity index (χ4n) is 1.75. The number of rotatable bonds is 3. The molecule has 2 rings (SSSR count). The van der Waals surface area contributed by atoms with Crippen molar-refractivity contribution in [3.63, 3.8) is 0 Å². The number of nitriles is 1. The van der Waals surface area contributed by atoms with Crippen molar-refractivity contribution in [3.8, 4) is 6.07 Å². The van der Waals surface area contributed by atoms with E-state index in [1.807, 2.05) is 37.3 Å². The van der Waals surface area contributed by atoms with Gasteiger partial charge in [-0.1, -0.05) is 41.9 Å². The summed E-state index contributed by atoms with van der Waals surface area (Å²) in [6.07, 6.45) is 1.56. The Morgan fingerprint density at radius 3 is 2.61 bits per heavy atom. The first-order chi connectivity index (χ1) is 8.57. The summed E-state index contributed by atoms with van der Waals surface area (Å²) >= 11 is 5.94. The summed E-state index contributed by atoms with van der Waals surface area (Å²) in [4.78, 5) is 0. The molecule has 1 unspecified atom stereocenters. The lowest BCUT2D eigenvalue weighted by molar-refractivity contribution is 0.435. The molecule has 2 aromatic rings. The zero-order valence-electron chi connectivity index (χ0n) is 9.97. The molecule has 0 spiro atoms. The van der Waals surface area contributed by atoms with E-state index in [1.54, 1.807) is 10.9 Å². The summed E-state index contributed by atoms with van der Waals surface area (Å²) < 4.78 is 1.65. The van der Waals surface area contributed by atoms with Crippen LogP contribution >= 0.6 is 11.6 Å². The number of nitrogens with two attached hydrogens (primary N) is 1. The summed E-state index contributed by atoms with van der Waals surface area (Å²) in [6.45, 7) is 2.12. The van der Waals surface area contributed by atoms with Crippen LogP contribution in [0.3, 0.4) is 0 Å². The van der Waals surface area contributed by atoms with Crippen molar-refractivity contribution in [3.05, 3.63) is 52.8 Å². The maximum absolute atomic E-state index is 9.35. The normalized spacial score (nSPS) is 13.9. The zero-order chi connectivity index (χ0) is 13.2. The van der Waals surface area contributed by atoms with Crippen molar-refractivity contribution < 1.29 is 0 Å². The number of hydrogen-bond donors (Lipinski definition) is 1. The minimum absolute atomic E-state index is 0.270. The van der Waals surface area contributed by atoms with E-state index in [9.17, 15) is 5.26 Å². The number of halogens is 1. The smallest absolute Gasteiger partial charge is 0.149 e. The summed E-state index contributed by atoms with van der Waals surface area (Å²) in [5, 5.41) is 14.0. The van der Waals surface area contributed by atoms with Gasteiger partial charge >= 0.3 is 0 Å². The van der Waals surface area contributed by atoms with Crippen LogP contribution in [-0.4, -0.2) is 9.78 Å². The van der Waals surface area contributed by atoms with E-state index in [-0.39, 0.29) is 6.54 Å². The third kappa shape index (κ3) is 2.23. The van der Waals surface area contributed by atoms with Gasteiger partial charge in [-0.3, -0.25) is 4.68 Å². The van der Waals surface area contributed by atoms with Gasteiger partial charge in [0.05, 0.1) is 29.5 Å². The summed E-state index contributed by atoms with van der Waals surface area (Å²) in [5.41, 5.74) is 6.62. The molecular formula is C13H13ClN4. The van der Waals surface area contributed by atoms with E-state index in [1.165, 1.54) is 0 Å². The molecular weight excluding hydrogens is 248 g/mol. The molecule has 1 atom stereocenters. The molecule has 4 nitrogen and oxygen atoms in total. The van der Waals surface area contributed by atoms with Crippen LogP contribution in [0.4, 0.5) is 0 Å². The molecule has 92 valence electrons. The predicted molar refractivity (Wildman–Crippen MR) is 69.9 cm³/mol. The van der Waals surface area contributed by atoms with Crippen molar-refractivity contribution in [2.45, 2.75) is 19.0 Å². The van der Waals surface area contributed by atoms with Gasteiger partial charge < -0.3 is 5.73 Å². The van der Waals surface area contributed by atoms with E-state index >= 15 is 0 Å². The quantitative estimate of drug-likeness (QED) is 0.920. The fraction of sp³-hybridized carbons (Fsp3) is 0.231. The minimum atomic E-state index is -1.11. The molecule has 0 fully saturated rings. The van der Waals surface area contributed by atoms with E-state index in [0.29, 0.717) is 5.02 Å². The van der Waals surface area contributed by atoms with Crippen LogP contribution in [0.15, 0.2) is 36.5 Å². The average molecular weight is 261 g/mol. The van der Waals surface area contributed by atoms with E-state index < -0.39 is 5.54 Å². The highest BCUT2D eigenvalue weighted by Crippen LogP contribution is 2.22. The lowest BCUT2D eigenvalue weighted by Crippen LogP contribution is -2.40. The monoisotopic (exact) mass is 260 g/mol. The summed E-state index contributed by atoms with van der Waals surface area (Å²) in [5.74, 6) is 0. The highest BCUT2D eigenvalue weighted by atomic mass is 35.5. The minimum Gasteiger partial charge on any atom is -0.308 e. The second kappa shape index (κ2) is 4.81. The Morgan fingerprint density at radius 1 is 1.44 bits per heavy atom. The Bertz CT molecular complexity index is 585. The maximum Gasteiger partial charge on any atom is 0.149 e. The van der Waals surface area contributed by atoms with Gasteiger partial charge in [-0.05, 0) is 12.5 Å². The third-order valence-corrected chi connectivity index (χ3v) is 3.30. The number of benzene rings is 1. The molecule has 2 N–H and O–H groups in total. The molecule has 0 aliphatic carbocycles. The van der Waals surface area contributed by atoms with Gasteiger partial charge in [0, 0.05) is 0 Å². The molecule has 0 saturated carbocycles. The van der Waals surface area contributed by atoms with Gasteiger partial charge in [-0.15, -0.1) is 0 Å². The molecule has 5 heteroatoms. The van der Waals surface area contributed by atoms with Gasteiger partial charge in [0.1, 0.15) is 5.54 Å². The van der Waals surface area contributed by atoms with Gasteiger partial charge in [0.25, 0.3) is 0 Å². The van der Waals surface area contributed by atoms with E-state index in [0.717, 1.165) is 11.3 Å². The number of aromatic nitrogens is 2. The Morgan fingerprint density at radius 2 is 2.11 bits per heavy atom. The second-order valence-corrected chi connectivity index (χ2v) is 4.59. The standard InChI is InChI=1S/C13H13ClN4/c1-10-12(14)7-17-18(10)9-13(16,8-15)11-5-3-2-4-6-11/h2-7H,9,16H2,1H3. The molecule has 1 heterocycles. The SMILES string of the molecule is Cc1c(Cl)cnn1CC(N)(C#N)c1ccccc1. The van der Waals surface area contributed by atoms with Crippen LogP contribution in [0.5, 0.6) is 0 Å². The highest BCUT2D eigenvalue weighted by Gasteiger charge is 2.28. The molecule has 0 saturated heterocycles. The first-order valence-electron chi connectivity index (χ1n) is 5.50. The summed E-state index contributed by atoms with van der Waals surface area (Å²) in [7, 11) is 0. The second-order valence-electron chi connectivity index (χ2n) is 4.18. The number of nitrogens with zero attached hydrogens (tertiary/aromatic N) is 3. The Labute approximate surface area is 111 Å². The number of hydrogen-bond acceptors (Lipinski definition) is 3. The van der Waals surface area contributed by atoms with Crippen LogP contribution in [0.1, 0.15) is 11.3 Å². The predicted octanol–water partition coefficient (Wildman–Crippen LogP) is 2.22. The maximum atomic E-state index is 9.35. The lowest BCUT2D eigenvalue weighted by atomic mass is 9.92. The van der Waals surface area contributed by atoms with Crippen LogP contribution in [0.2, 0.25) is 5.02 Å². The lowest BCUT2D eigenvalue weighted by Gasteiger charge is -2.22. The Balaban J connectivity index is 2.36. The molecule has 1 aromatic carbocycles. The summed E-state index contributed by atoms with van der Waals surface area (Å²) in [6, 6.07) is 11.4. The molecule has 0 radical (unpaired) electrons. The molecule has 1 aromatic heterocycles. The van der Waals surface area contributed by atoms with Crippen LogP contribution in [0, 0.1) is 18.3 Å². The van der Waals surface area contributed by atoms with Crippen molar-refractivity contribution in [1.82, 2.24) is 9.78 Å². The highest BCUT2D eigenvalue weighted by molar-refractivity contribution is 6.31. The zero-order valence-corrected chi connectivity index (χ0v) is 10.7. The molecule has 0 bridgehead atoms. The average Bonchev–Trinajstić information content (AvgIpc) is 2.71. The molecule has 0 aliphatic rings. The molecule has 18 heavy (non-hydrogen) atoms. The first-order valence-corrected chi connectivity index (χ1v) is 5.88. The van der Waals surface area contributed by atoms with Crippen molar-refractivity contribution in [2.75, 3.05) is 0 Å². The first kappa shape index (κ1) is 12.6. The third-order valence-electron chi connectivity index (χ3n) is 2.93. The van der Waals surface area contributed by atoms with Crippen LogP contribution < -0.4 is 5.73 Å². The fourth-order valence-corrected chi connectivity index (χ4v) is 1.89. The van der Waals surface area contributed by atoms with E-state index in [2.05, 4.69) is 11.2 Å². The molecule has 0 aliphatic heterocycles. The van der Waals surface area contributed by atoms with Gasteiger partial charge in [-0.25, -0.2) is 0 Å². The Hall–Kier alpha value is -1.83. The van der Waals surface area contributed by atoms with Gasteiger partial charge in [0.2, 0.25) is 0 Å². The topological polar surface area (TPSA) is 67.6 Å². The van der Waals surface area contributed by atoms with Crippen molar-refractivity contribution in [2.24, 2.45) is 5.73 Å². The van der Waals surface area contributed by atoms with Crippen molar-refractivity contribution >= 4 is 11.6 Å².